The number of rotatable bonds is 2. The van der Waals surface area contributed by atoms with E-state index in [2.05, 4.69) is 13.0 Å². The van der Waals surface area contributed by atoms with Gasteiger partial charge in [-0.1, -0.05) is 6.92 Å². The summed E-state index contributed by atoms with van der Waals surface area (Å²) in [5.74, 6) is 2.66. The predicted molar refractivity (Wildman–Crippen MR) is 94.9 cm³/mol. The summed E-state index contributed by atoms with van der Waals surface area (Å²) in [5.41, 5.74) is 2.76. The van der Waals surface area contributed by atoms with Gasteiger partial charge in [-0.15, -0.1) is 0 Å². The summed E-state index contributed by atoms with van der Waals surface area (Å²) in [5, 5.41) is 10.5. The normalized spacial score (nSPS) is 36.2. The Morgan fingerprint density at radius 1 is 1.20 bits per heavy atom. The second-order valence-corrected chi connectivity index (χ2v) is 8.35. The molecule has 136 valence electrons. The van der Waals surface area contributed by atoms with Crippen LogP contribution in [0.25, 0.3) is 0 Å². The molecule has 0 aliphatic heterocycles. The Bertz CT molecular complexity index is 697. The van der Waals surface area contributed by atoms with E-state index in [1.165, 1.54) is 18.1 Å². The number of fused-ring (bicyclic) bond motifs is 5. The van der Waals surface area contributed by atoms with E-state index in [0.29, 0.717) is 29.3 Å². The molecule has 25 heavy (non-hydrogen) atoms. The minimum Gasteiger partial charge on any atom is -0.493 e. The van der Waals surface area contributed by atoms with E-state index in [4.69, 9.17) is 9.47 Å². The SMILES string of the molecule is COc1cc2c(cc1OC(C)=O)CCC1C2CC[C@]2(C)C(O)CCC12. The van der Waals surface area contributed by atoms with Crippen molar-refractivity contribution in [3.8, 4) is 11.5 Å². The molecule has 4 unspecified atom stereocenters. The fourth-order valence-corrected chi connectivity index (χ4v) is 5.94. The number of benzene rings is 1. The number of hydrogen-bond donors (Lipinski definition) is 1. The van der Waals surface area contributed by atoms with Crippen molar-refractivity contribution < 1.29 is 19.4 Å². The van der Waals surface area contributed by atoms with Gasteiger partial charge in [-0.25, -0.2) is 0 Å². The van der Waals surface area contributed by atoms with Crippen molar-refractivity contribution in [1.29, 1.82) is 0 Å². The molecule has 2 fully saturated rings. The molecule has 1 aromatic carbocycles. The van der Waals surface area contributed by atoms with Crippen LogP contribution >= 0.6 is 0 Å². The fraction of sp³-hybridized carbons (Fsp3) is 0.667. The summed E-state index contributed by atoms with van der Waals surface area (Å²) in [7, 11) is 1.63. The second kappa shape index (κ2) is 6.01. The first kappa shape index (κ1) is 16.9. The van der Waals surface area contributed by atoms with Gasteiger partial charge >= 0.3 is 5.97 Å². The van der Waals surface area contributed by atoms with Crippen LogP contribution < -0.4 is 9.47 Å². The third kappa shape index (κ3) is 2.57. The van der Waals surface area contributed by atoms with Gasteiger partial charge in [0.15, 0.2) is 11.5 Å². The van der Waals surface area contributed by atoms with Crippen LogP contribution in [0.4, 0.5) is 0 Å². The number of ether oxygens (including phenoxy) is 2. The van der Waals surface area contributed by atoms with Crippen molar-refractivity contribution in [3.63, 3.8) is 0 Å². The fourth-order valence-electron chi connectivity index (χ4n) is 5.94. The van der Waals surface area contributed by atoms with E-state index >= 15 is 0 Å². The quantitative estimate of drug-likeness (QED) is 0.654. The van der Waals surface area contributed by atoms with Crippen molar-refractivity contribution in [3.05, 3.63) is 23.3 Å². The summed E-state index contributed by atoms with van der Waals surface area (Å²) < 4.78 is 10.8. The van der Waals surface area contributed by atoms with Gasteiger partial charge in [0, 0.05) is 6.92 Å². The lowest BCUT2D eigenvalue weighted by atomic mass is 9.55. The standard InChI is InChI=1S/C21H28O4/c1-12(22)25-19-10-13-4-5-15-14(16(13)11-18(19)24-3)8-9-21(2)17(15)6-7-20(21)23/h10-11,14-15,17,20,23H,4-9H2,1-3H3/t14?,15?,17?,20?,21-/m0/s1. The number of aliphatic hydroxyl groups is 1. The van der Waals surface area contributed by atoms with Crippen LogP contribution in [-0.2, 0) is 11.2 Å². The highest BCUT2D eigenvalue weighted by Crippen LogP contribution is 2.61. The van der Waals surface area contributed by atoms with Gasteiger partial charge in [-0.05, 0) is 85.0 Å². The lowest BCUT2D eigenvalue weighted by molar-refractivity contribution is -0.132. The molecule has 2 saturated carbocycles. The van der Waals surface area contributed by atoms with E-state index in [9.17, 15) is 9.90 Å². The van der Waals surface area contributed by atoms with Crippen LogP contribution in [0.2, 0.25) is 0 Å². The van der Waals surface area contributed by atoms with Crippen LogP contribution in [0, 0.1) is 17.3 Å². The van der Waals surface area contributed by atoms with Crippen LogP contribution in [0.15, 0.2) is 12.1 Å². The average molecular weight is 344 g/mol. The van der Waals surface area contributed by atoms with Crippen LogP contribution in [0.1, 0.15) is 63.0 Å². The Labute approximate surface area is 149 Å². The monoisotopic (exact) mass is 344 g/mol. The zero-order valence-electron chi connectivity index (χ0n) is 15.4. The molecule has 0 saturated heterocycles. The third-order valence-electron chi connectivity index (χ3n) is 7.21. The maximum Gasteiger partial charge on any atom is 0.308 e. The summed E-state index contributed by atoms with van der Waals surface area (Å²) in [4.78, 5) is 11.4. The maximum atomic E-state index is 11.4. The molecule has 0 spiro atoms. The zero-order valence-corrected chi connectivity index (χ0v) is 15.4. The first-order valence-corrected chi connectivity index (χ1v) is 9.51. The molecule has 3 aliphatic rings. The van der Waals surface area contributed by atoms with Crippen molar-refractivity contribution >= 4 is 5.97 Å². The van der Waals surface area contributed by atoms with E-state index in [1.54, 1.807) is 7.11 Å². The summed E-state index contributed by atoms with van der Waals surface area (Å²) >= 11 is 0. The molecule has 1 aromatic rings. The number of aryl methyl sites for hydroxylation is 1. The molecule has 0 heterocycles. The van der Waals surface area contributed by atoms with Gasteiger partial charge in [0.25, 0.3) is 0 Å². The van der Waals surface area contributed by atoms with Crippen molar-refractivity contribution in [2.24, 2.45) is 17.3 Å². The van der Waals surface area contributed by atoms with Crippen LogP contribution in [-0.4, -0.2) is 24.3 Å². The van der Waals surface area contributed by atoms with Crippen molar-refractivity contribution in [2.45, 2.75) is 64.4 Å². The lowest BCUT2D eigenvalue weighted by Crippen LogP contribution is -2.43. The topological polar surface area (TPSA) is 55.8 Å². The molecule has 0 bridgehead atoms. The largest absolute Gasteiger partial charge is 0.493 e. The van der Waals surface area contributed by atoms with Gasteiger partial charge in [-0.3, -0.25) is 4.79 Å². The Kier molecular flexibility index (Phi) is 4.06. The van der Waals surface area contributed by atoms with Crippen LogP contribution in [0.5, 0.6) is 11.5 Å². The van der Waals surface area contributed by atoms with Crippen molar-refractivity contribution in [1.82, 2.24) is 0 Å². The van der Waals surface area contributed by atoms with Gasteiger partial charge < -0.3 is 14.6 Å². The number of methoxy groups -OCH3 is 1. The highest BCUT2D eigenvalue weighted by atomic mass is 16.6. The van der Waals surface area contributed by atoms with Gasteiger partial charge in [-0.2, -0.15) is 0 Å². The summed E-state index contributed by atoms with van der Waals surface area (Å²) in [6.07, 6.45) is 6.35. The summed E-state index contributed by atoms with van der Waals surface area (Å²) in [6, 6.07) is 4.10. The Balaban J connectivity index is 1.70. The number of hydrogen-bond acceptors (Lipinski definition) is 4. The maximum absolute atomic E-state index is 11.4. The summed E-state index contributed by atoms with van der Waals surface area (Å²) in [6.45, 7) is 3.72. The molecule has 0 amide bonds. The highest BCUT2D eigenvalue weighted by molar-refractivity contribution is 5.71. The average Bonchev–Trinajstić information content (AvgIpc) is 2.89. The molecular formula is C21H28O4. The predicted octanol–water partition coefficient (Wildman–Crippen LogP) is 3.84. The van der Waals surface area contributed by atoms with E-state index in [-0.39, 0.29) is 17.5 Å². The first-order chi connectivity index (χ1) is 11.9. The Morgan fingerprint density at radius 3 is 2.72 bits per heavy atom. The molecule has 4 heteroatoms. The van der Waals surface area contributed by atoms with E-state index < -0.39 is 0 Å². The Hall–Kier alpha value is -1.55. The molecular weight excluding hydrogens is 316 g/mol. The molecule has 0 aromatic heterocycles. The molecule has 5 atom stereocenters. The molecule has 4 nitrogen and oxygen atoms in total. The zero-order chi connectivity index (χ0) is 17.8. The number of carbonyl (C=O) groups is 1. The first-order valence-electron chi connectivity index (χ1n) is 9.51. The van der Waals surface area contributed by atoms with E-state index in [0.717, 1.165) is 38.5 Å². The van der Waals surface area contributed by atoms with Gasteiger partial charge in [0.05, 0.1) is 13.2 Å². The third-order valence-corrected chi connectivity index (χ3v) is 7.21. The Morgan fingerprint density at radius 2 is 2.00 bits per heavy atom. The number of carbonyl (C=O) groups excluding carboxylic acids is 1. The smallest absolute Gasteiger partial charge is 0.308 e. The minimum absolute atomic E-state index is 0.0977. The van der Waals surface area contributed by atoms with E-state index in [1.807, 2.05) is 6.07 Å². The molecule has 0 radical (unpaired) electrons. The van der Waals surface area contributed by atoms with Gasteiger partial charge in [0.1, 0.15) is 0 Å². The number of esters is 1. The van der Waals surface area contributed by atoms with Gasteiger partial charge in [0.2, 0.25) is 0 Å². The molecule has 4 rings (SSSR count). The molecule has 3 aliphatic carbocycles. The minimum atomic E-state index is -0.319. The molecule has 1 N–H and O–H groups in total. The highest BCUT2D eigenvalue weighted by Gasteiger charge is 2.54. The van der Waals surface area contributed by atoms with Crippen molar-refractivity contribution in [2.75, 3.05) is 7.11 Å². The number of aliphatic hydroxyl groups excluding tert-OH is 1. The van der Waals surface area contributed by atoms with Crippen LogP contribution in [0.3, 0.4) is 0 Å². The second-order valence-electron chi connectivity index (χ2n) is 8.35. The lowest BCUT2D eigenvalue weighted by Gasteiger charge is -2.50.